The summed E-state index contributed by atoms with van der Waals surface area (Å²) in [6.45, 7) is 1.83. The molecule has 1 amide bonds. The largest absolute Gasteiger partial charge is 0.366 e. The molecule has 0 aliphatic carbocycles. The fraction of sp³-hybridized carbons (Fsp3) is 0.118. The van der Waals surface area contributed by atoms with Gasteiger partial charge in [0.05, 0.1) is 6.04 Å². The van der Waals surface area contributed by atoms with Gasteiger partial charge < -0.3 is 16.0 Å². The van der Waals surface area contributed by atoms with Gasteiger partial charge in [0, 0.05) is 33.2 Å². The van der Waals surface area contributed by atoms with Crippen molar-refractivity contribution in [2.24, 2.45) is 5.73 Å². The molecule has 1 unspecified atom stereocenters. The molecule has 0 aliphatic heterocycles. The Balaban J connectivity index is 1.95. The average molecular weight is 343 g/mol. The number of H-pyrrole nitrogens is 1. The van der Waals surface area contributed by atoms with Crippen molar-refractivity contribution in [2.45, 2.75) is 13.0 Å². The van der Waals surface area contributed by atoms with Crippen LogP contribution in [-0.2, 0) is 0 Å². The number of fused-ring (bicyclic) bond motifs is 1. The zero-order valence-corrected chi connectivity index (χ0v) is 13.6. The van der Waals surface area contributed by atoms with Crippen molar-refractivity contribution >= 4 is 34.2 Å². The highest BCUT2D eigenvalue weighted by Gasteiger charge is 2.13. The highest BCUT2D eigenvalue weighted by Crippen LogP contribution is 2.21. The molecule has 0 radical (unpaired) electrons. The molecule has 6 nitrogen and oxygen atoms in total. The van der Waals surface area contributed by atoms with Crippen LogP contribution in [-0.4, -0.2) is 15.9 Å². The van der Waals surface area contributed by atoms with Crippen LogP contribution in [0.25, 0.3) is 10.9 Å². The minimum Gasteiger partial charge on any atom is -0.366 e. The van der Waals surface area contributed by atoms with Crippen LogP contribution >= 0.6 is 11.6 Å². The van der Waals surface area contributed by atoms with Gasteiger partial charge in [-0.1, -0.05) is 11.6 Å². The van der Waals surface area contributed by atoms with Gasteiger partial charge in [-0.15, -0.1) is 0 Å². The van der Waals surface area contributed by atoms with Crippen molar-refractivity contribution in [3.05, 3.63) is 69.1 Å². The Morgan fingerprint density at radius 3 is 2.83 bits per heavy atom. The molecule has 0 bridgehead atoms. The first-order valence-electron chi connectivity index (χ1n) is 7.29. The van der Waals surface area contributed by atoms with Crippen molar-refractivity contribution in [1.29, 1.82) is 0 Å². The van der Waals surface area contributed by atoms with E-state index in [0.29, 0.717) is 27.5 Å². The summed E-state index contributed by atoms with van der Waals surface area (Å²) in [5.74, 6) is -0.0734. The summed E-state index contributed by atoms with van der Waals surface area (Å²) in [4.78, 5) is 30.5. The topological polar surface area (TPSA) is 101 Å². The summed E-state index contributed by atoms with van der Waals surface area (Å²) in [5, 5.41) is 4.53. The number of primary amides is 1. The van der Waals surface area contributed by atoms with E-state index in [0.717, 1.165) is 5.39 Å². The molecular weight excluding hydrogens is 328 g/mol. The van der Waals surface area contributed by atoms with Crippen molar-refractivity contribution in [2.75, 3.05) is 5.32 Å². The summed E-state index contributed by atoms with van der Waals surface area (Å²) in [6, 6.07) is 9.81. The second-order valence-electron chi connectivity index (χ2n) is 5.45. The normalized spacial score (nSPS) is 12.1. The number of aromatic nitrogens is 2. The molecule has 3 aromatic rings. The molecule has 7 heteroatoms. The Kier molecular flexibility index (Phi) is 4.22. The molecule has 0 aliphatic rings. The van der Waals surface area contributed by atoms with E-state index in [-0.39, 0.29) is 11.6 Å². The van der Waals surface area contributed by atoms with Crippen LogP contribution in [0.1, 0.15) is 28.9 Å². The van der Waals surface area contributed by atoms with Crippen LogP contribution in [0.4, 0.5) is 5.82 Å². The first-order valence-corrected chi connectivity index (χ1v) is 7.67. The minimum absolute atomic E-state index is 0.198. The van der Waals surface area contributed by atoms with Gasteiger partial charge >= 0.3 is 0 Å². The Morgan fingerprint density at radius 1 is 1.29 bits per heavy atom. The highest BCUT2D eigenvalue weighted by molar-refractivity contribution is 6.31. The van der Waals surface area contributed by atoms with E-state index in [4.69, 9.17) is 17.3 Å². The van der Waals surface area contributed by atoms with Crippen molar-refractivity contribution < 1.29 is 4.79 Å². The molecule has 1 aromatic carbocycles. The smallest absolute Gasteiger partial charge is 0.253 e. The SMILES string of the molecule is CC(Nc1cc(C(N)=O)ccn1)c1cc2cc(Cl)ccc2[nH]c1=O. The van der Waals surface area contributed by atoms with Gasteiger partial charge in [-0.25, -0.2) is 4.98 Å². The molecule has 2 heterocycles. The fourth-order valence-corrected chi connectivity index (χ4v) is 2.66. The number of hydrogen-bond donors (Lipinski definition) is 3. The number of rotatable bonds is 4. The number of nitrogens with one attached hydrogen (secondary N) is 2. The van der Waals surface area contributed by atoms with Crippen LogP contribution in [0.2, 0.25) is 5.02 Å². The summed E-state index contributed by atoms with van der Waals surface area (Å²) in [5.41, 5.74) is 6.67. The summed E-state index contributed by atoms with van der Waals surface area (Å²) in [6.07, 6.45) is 1.49. The number of nitrogens with two attached hydrogens (primary N) is 1. The monoisotopic (exact) mass is 342 g/mol. The number of hydrogen-bond acceptors (Lipinski definition) is 4. The first-order chi connectivity index (χ1) is 11.4. The number of aromatic amines is 1. The maximum absolute atomic E-state index is 12.3. The van der Waals surface area contributed by atoms with E-state index >= 15 is 0 Å². The second-order valence-corrected chi connectivity index (χ2v) is 5.88. The zero-order chi connectivity index (χ0) is 17.3. The average Bonchev–Trinajstić information content (AvgIpc) is 2.54. The molecule has 0 fully saturated rings. The predicted octanol–water partition coefficient (Wildman–Crippen LogP) is 2.85. The zero-order valence-electron chi connectivity index (χ0n) is 12.8. The molecule has 24 heavy (non-hydrogen) atoms. The predicted molar refractivity (Wildman–Crippen MR) is 94.4 cm³/mol. The van der Waals surface area contributed by atoms with Crippen molar-refractivity contribution in [3.63, 3.8) is 0 Å². The summed E-state index contributed by atoms with van der Waals surface area (Å²) < 4.78 is 0. The third kappa shape index (κ3) is 3.23. The van der Waals surface area contributed by atoms with Gasteiger partial charge in [0.1, 0.15) is 5.82 Å². The number of nitrogens with zero attached hydrogens (tertiary/aromatic N) is 1. The molecule has 2 aromatic heterocycles. The lowest BCUT2D eigenvalue weighted by atomic mass is 10.1. The minimum atomic E-state index is -0.536. The van der Waals surface area contributed by atoms with Crippen LogP contribution < -0.4 is 16.6 Å². The van der Waals surface area contributed by atoms with Crippen LogP contribution in [0.3, 0.4) is 0 Å². The molecule has 1 atom stereocenters. The molecular formula is C17H15ClN4O2. The van der Waals surface area contributed by atoms with Crippen LogP contribution in [0.15, 0.2) is 47.4 Å². The van der Waals surface area contributed by atoms with E-state index in [1.54, 1.807) is 30.3 Å². The maximum Gasteiger partial charge on any atom is 0.253 e. The lowest BCUT2D eigenvalue weighted by Crippen LogP contribution is -2.20. The van der Waals surface area contributed by atoms with Gasteiger partial charge in [-0.2, -0.15) is 0 Å². The van der Waals surface area contributed by atoms with E-state index < -0.39 is 5.91 Å². The second kappa shape index (κ2) is 6.33. The molecule has 4 N–H and O–H groups in total. The maximum atomic E-state index is 12.3. The summed E-state index contributed by atoms with van der Waals surface area (Å²) >= 11 is 6.01. The Bertz CT molecular complexity index is 984. The fourth-order valence-electron chi connectivity index (χ4n) is 2.48. The quantitative estimate of drug-likeness (QED) is 0.678. The molecule has 0 spiro atoms. The van der Waals surface area contributed by atoms with E-state index in [1.165, 1.54) is 12.3 Å². The number of benzene rings is 1. The van der Waals surface area contributed by atoms with E-state index in [1.807, 2.05) is 6.92 Å². The number of carbonyl (C=O) groups is 1. The Morgan fingerprint density at radius 2 is 2.08 bits per heavy atom. The third-order valence-corrected chi connectivity index (χ3v) is 3.95. The van der Waals surface area contributed by atoms with Gasteiger partial charge in [0.25, 0.3) is 5.56 Å². The van der Waals surface area contributed by atoms with Gasteiger partial charge in [0.2, 0.25) is 5.91 Å². The van der Waals surface area contributed by atoms with E-state index in [2.05, 4.69) is 15.3 Å². The highest BCUT2D eigenvalue weighted by atomic mass is 35.5. The van der Waals surface area contributed by atoms with Gasteiger partial charge in [-0.05, 0) is 43.3 Å². The van der Waals surface area contributed by atoms with Crippen molar-refractivity contribution in [1.82, 2.24) is 9.97 Å². The molecule has 3 rings (SSSR count). The Hall–Kier alpha value is -2.86. The number of halogens is 1. The van der Waals surface area contributed by atoms with Crippen molar-refractivity contribution in [3.8, 4) is 0 Å². The molecule has 122 valence electrons. The number of amides is 1. The number of pyridine rings is 2. The molecule has 0 saturated carbocycles. The standard InChI is InChI=1S/C17H15ClN4O2/c1-9(21-15-8-10(16(19)23)4-5-20-15)13-7-11-6-12(18)2-3-14(11)22-17(13)24/h2-9H,1H3,(H2,19,23)(H,20,21)(H,22,24). The lowest BCUT2D eigenvalue weighted by molar-refractivity contribution is 0.1000. The Labute approximate surface area is 142 Å². The van der Waals surface area contributed by atoms with Gasteiger partial charge in [0.15, 0.2) is 0 Å². The first kappa shape index (κ1) is 16.0. The van der Waals surface area contributed by atoms with Gasteiger partial charge in [-0.3, -0.25) is 9.59 Å². The van der Waals surface area contributed by atoms with E-state index in [9.17, 15) is 9.59 Å². The van der Waals surface area contributed by atoms with Crippen LogP contribution in [0, 0.1) is 0 Å². The third-order valence-electron chi connectivity index (χ3n) is 3.71. The lowest BCUT2D eigenvalue weighted by Gasteiger charge is -2.15. The van der Waals surface area contributed by atoms with Crippen LogP contribution in [0.5, 0.6) is 0 Å². The number of carbonyl (C=O) groups excluding carboxylic acids is 1. The summed E-state index contributed by atoms with van der Waals surface area (Å²) in [7, 11) is 0. The molecule has 0 saturated heterocycles. The number of anilines is 1.